The number of nitriles is 1. The second-order valence-electron chi connectivity index (χ2n) is 8.11. The molecule has 0 radical (unpaired) electrons. The van der Waals surface area contributed by atoms with E-state index in [4.69, 9.17) is 10.00 Å². The first kappa shape index (κ1) is 19.7. The highest BCUT2D eigenvalue weighted by Gasteiger charge is 2.30. The van der Waals surface area contributed by atoms with Crippen LogP contribution in [-0.4, -0.2) is 12.1 Å². The van der Waals surface area contributed by atoms with Crippen molar-refractivity contribution in [3.05, 3.63) is 47.5 Å². The van der Waals surface area contributed by atoms with Crippen molar-refractivity contribution in [2.24, 2.45) is 11.8 Å². The van der Waals surface area contributed by atoms with Crippen molar-refractivity contribution in [2.45, 2.75) is 76.7 Å². The average Bonchev–Trinajstić information content (AvgIpc) is 2.73. The number of esters is 1. The fraction of sp³-hybridized carbons (Fsp3) is 0.583. The Hall–Kier alpha value is -2.08. The summed E-state index contributed by atoms with van der Waals surface area (Å²) in [5, 5.41) is 8.62. The van der Waals surface area contributed by atoms with Gasteiger partial charge in [0.25, 0.3) is 0 Å². The lowest BCUT2D eigenvalue weighted by Crippen LogP contribution is -2.29. The molecule has 2 aliphatic rings. The molecule has 0 atom stereocenters. The van der Waals surface area contributed by atoms with Crippen LogP contribution >= 0.6 is 0 Å². The minimum absolute atomic E-state index is 0.00783. The molecule has 3 heteroatoms. The molecule has 27 heavy (non-hydrogen) atoms. The van der Waals surface area contributed by atoms with Crippen molar-refractivity contribution in [1.29, 1.82) is 5.26 Å². The Morgan fingerprint density at radius 1 is 1.07 bits per heavy atom. The molecular formula is C24H31NO2. The van der Waals surface area contributed by atoms with E-state index >= 15 is 0 Å². The quantitative estimate of drug-likeness (QED) is 0.496. The summed E-state index contributed by atoms with van der Waals surface area (Å²) in [6, 6.07) is 11.1. The van der Waals surface area contributed by atoms with Gasteiger partial charge in [0.15, 0.2) is 0 Å². The first-order valence-electron chi connectivity index (χ1n) is 10.5. The summed E-state index contributed by atoms with van der Waals surface area (Å²) >= 11 is 0. The number of aryl methyl sites for hydroxylation is 1. The van der Waals surface area contributed by atoms with Gasteiger partial charge >= 0.3 is 5.97 Å². The van der Waals surface area contributed by atoms with Crippen molar-refractivity contribution >= 4 is 5.97 Å². The van der Waals surface area contributed by atoms with Gasteiger partial charge in [0.1, 0.15) is 6.10 Å². The molecule has 0 saturated heterocycles. The van der Waals surface area contributed by atoms with Gasteiger partial charge in [0, 0.05) is 6.08 Å². The Bertz CT molecular complexity index is 669. The topological polar surface area (TPSA) is 50.1 Å². The van der Waals surface area contributed by atoms with Crippen LogP contribution in [0, 0.1) is 23.2 Å². The molecule has 1 aromatic carbocycles. The molecule has 2 saturated carbocycles. The Labute approximate surface area is 163 Å². The number of benzene rings is 1. The number of hydrogen-bond donors (Lipinski definition) is 0. The summed E-state index contributed by atoms with van der Waals surface area (Å²) in [6.45, 7) is 2.18. The van der Waals surface area contributed by atoms with Crippen LogP contribution in [0.5, 0.6) is 0 Å². The van der Waals surface area contributed by atoms with Gasteiger partial charge in [0.05, 0.1) is 12.0 Å². The lowest BCUT2D eigenvalue weighted by Gasteiger charge is -2.31. The third-order valence-corrected chi connectivity index (χ3v) is 6.36. The zero-order valence-electron chi connectivity index (χ0n) is 16.4. The van der Waals surface area contributed by atoms with E-state index in [9.17, 15) is 4.79 Å². The molecule has 0 aromatic heterocycles. The lowest BCUT2D eigenvalue weighted by atomic mass is 9.81. The van der Waals surface area contributed by atoms with Gasteiger partial charge in [-0.3, -0.25) is 4.79 Å². The molecular weight excluding hydrogens is 334 g/mol. The Morgan fingerprint density at radius 2 is 1.74 bits per heavy atom. The third kappa shape index (κ3) is 5.45. The maximum absolute atomic E-state index is 12.5. The fourth-order valence-electron chi connectivity index (χ4n) is 4.53. The highest BCUT2D eigenvalue weighted by atomic mass is 16.5. The second-order valence-corrected chi connectivity index (χ2v) is 8.11. The molecule has 1 aromatic rings. The molecule has 0 bridgehead atoms. The smallest absolute Gasteiger partial charge is 0.309 e. The van der Waals surface area contributed by atoms with Crippen LogP contribution in [-0.2, 0) is 16.0 Å². The van der Waals surface area contributed by atoms with E-state index < -0.39 is 0 Å². The minimum atomic E-state index is 0.00783. The van der Waals surface area contributed by atoms with Gasteiger partial charge in [-0.05, 0) is 80.8 Å². The van der Waals surface area contributed by atoms with Crippen LogP contribution in [0.1, 0.15) is 75.3 Å². The van der Waals surface area contributed by atoms with Gasteiger partial charge in [0.2, 0.25) is 0 Å². The SMILES string of the molecule is CCc1ccc(C2CCC(OC(=O)C3CCC(/C=C/C#N)CC3)CC2)cc1. The van der Waals surface area contributed by atoms with E-state index in [0.29, 0.717) is 11.8 Å². The molecule has 2 fully saturated rings. The average molecular weight is 366 g/mol. The first-order chi connectivity index (χ1) is 13.2. The van der Waals surface area contributed by atoms with E-state index in [0.717, 1.165) is 57.8 Å². The summed E-state index contributed by atoms with van der Waals surface area (Å²) in [6.07, 6.45) is 12.6. The van der Waals surface area contributed by atoms with Crippen LogP contribution in [0.15, 0.2) is 36.4 Å². The number of carbonyl (C=O) groups is 1. The van der Waals surface area contributed by atoms with E-state index in [1.54, 1.807) is 6.08 Å². The molecule has 3 nitrogen and oxygen atoms in total. The van der Waals surface area contributed by atoms with Gasteiger partial charge < -0.3 is 4.74 Å². The maximum atomic E-state index is 12.5. The maximum Gasteiger partial charge on any atom is 0.309 e. The van der Waals surface area contributed by atoms with Crippen molar-refractivity contribution < 1.29 is 9.53 Å². The van der Waals surface area contributed by atoms with Gasteiger partial charge in [-0.2, -0.15) is 5.26 Å². The van der Waals surface area contributed by atoms with Gasteiger partial charge in [-0.15, -0.1) is 0 Å². The molecule has 0 aliphatic heterocycles. The molecule has 3 rings (SSSR count). The van der Waals surface area contributed by atoms with E-state index in [2.05, 4.69) is 37.3 Å². The highest BCUT2D eigenvalue weighted by Crippen LogP contribution is 2.36. The first-order valence-corrected chi connectivity index (χ1v) is 10.5. The number of carbonyl (C=O) groups excluding carboxylic acids is 1. The van der Waals surface area contributed by atoms with Crippen molar-refractivity contribution in [2.75, 3.05) is 0 Å². The molecule has 0 amide bonds. The van der Waals surface area contributed by atoms with Crippen LogP contribution in [0.25, 0.3) is 0 Å². The van der Waals surface area contributed by atoms with Crippen molar-refractivity contribution in [1.82, 2.24) is 0 Å². The predicted octanol–water partition coefficient (Wildman–Crippen LogP) is 5.70. The van der Waals surface area contributed by atoms with E-state index in [1.165, 1.54) is 11.1 Å². The van der Waals surface area contributed by atoms with Crippen LogP contribution in [0.4, 0.5) is 0 Å². The van der Waals surface area contributed by atoms with Crippen molar-refractivity contribution in [3.63, 3.8) is 0 Å². The lowest BCUT2D eigenvalue weighted by molar-refractivity contribution is -0.157. The van der Waals surface area contributed by atoms with E-state index in [1.807, 2.05) is 6.08 Å². The number of allylic oxidation sites excluding steroid dienone is 2. The molecule has 0 spiro atoms. The van der Waals surface area contributed by atoms with Crippen molar-refractivity contribution in [3.8, 4) is 6.07 Å². The standard InChI is InChI=1S/C24H31NO2/c1-2-18-5-9-20(10-6-18)21-13-15-23(16-14-21)27-24(26)22-11-7-19(8-12-22)4-3-17-25/h3-6,9-10,19,21-23H,2,7-8,11-16H2,1H3/b4-3+. The van der Waals surface area contributed by atoms with Gasteiger partial charge in [-0.1, -0.05) is 37.3 Å². The van der Waals surface area contributed by atoms with Crippen LogP contribution < -0.4 is 0 Å². The fourth-order valence-corrected chi connectivity index (χ4v) is 4.53. The Balaban J connectivity index is 1.42. The third-order valence-electron chi connectivity index (χ3n) is 6.36. The zero-order chi connectivity index (χ0) is 19.1. The largest absolute Gasteiger partial charge is 0.462 e. The van der Waals surface area contributed by atoms with E-state index in [-0.39, 0.29) is 18.0 Å². The molecule has 2 aliphatic carbocycles. The summed E-state index contributed by atoms with van der Waals surface area (Å²) in [7, 11) is 0. The number of rotatable bonds is 5. The monoisotopic (exact) mass is 365 g/mol. The summed E-state index contributed by atoms with van der Waals surface area (Å²) in [5.41, 5.74) is 2.82. The zero-order valence-corrected chi connectivity index (χ0v) is 16.4. The minimum Gasteiger partial charge on any atom is -0.462 e. The summed E-state index contributed by atoms with van der Waals surface area (Å²) in [4.78, 5) is 12.5. The predicted molar refractivity (Wildman–Crippen MR) is 107 cm³/mol. The van der Waals surface area contributed by atoms with Crippen LogP contribution in [0.2, 0.25) is 0 Å². The second kappa shape index (κ2) is 9.74. The molecule has 0 heterocycles. The summed E-state index contributed by atoms with van der Waals surface area (Å²) in [5.74, 6) is 1.11. The number of nitrogens with zero attached hydrogens (tertiary/aromatic N) is 1. The van der Waals surface area contributed by atoms with Crippen LogP contribution in [0.3, 0.4) is 0 Å². The molecule has 0 unspecified atom stereocenters. The Morgan fingerprint density at radius 3 is 2.33 bits per heavy atom. The molecule has 0 N–H and O–H groups in total. The number of hydrogen-bond acceptors (Lipinski definition) is 3. The molecule has 144 valence electrons. The summed E-state index contributed by atoms with van der Waals surface area (Å²) < 4.78 is 5.86. The van der Waals surface area contributed by atoms with Gasteiger partial charge in [-0.25, -0.2) is 0 Å². The Kier molecular flexibility index (Phi) is 7.10. The number of ether oxygens (including phenoxy) is 1. The highest BCUT2D eigenvalue weighted by molar-refractivity contribution is 5.72. The normalized spacial score (nSPS) is 28.6.